The first-order valence-corrected chi connectivity index (χ1v) is 8.04. The number of carbonyl (C=O) groups is 2. The van der Waals surface area contributed by atoms with E-state index in [1.165, 1.54) is 29.2 Å². The highest BCUT2D eigenvalue weighted by Crippen LogP contribution is 2.16. The Labute approximate surface area is 151 Å². The average molecular weight is 360 g/mol. The first-order chi connectivity index (χ1) is 12.5. The summed E-state index contributed by atoms with van der Waals surface area (Å²) in [5, 5.41) is 2.51. The number of ether oxygens (including phenoxy) is 2. The Morgan fingerprint density at radius 2 is 1.65 bits per heavy atom. The summed E-state index contributed by atoms with van der Waals surface area (Å²) in [6.07, 6.45) is 0. The van der Waals surface area contributed by atoms with Crippen LogP contribution in [0, 0.1) is 5.82 Å². The van der Waals surface area contributed by atoms with E-state index >= 15 is 0 Å². The highest BCUT2D eigenvalue weighted by atomic mass is 19.1. The van der Waals surface area contributed by atoms with Crippen LogP contribution in [0.4, 0.5) is 4.39 Å². The lowest BCUT2D eigenvalue weighted by Crippen LogP contribution is -2.39. The number of benzene rings is 2. The predicted molar refractivity (Wildman–Crippen MR) is 94.9 cm³/mol. The van der Waals surface area contributed by atoms with E-state index in [1.54, 1.807) is 38.4 Å². The molecule has 2 rings (SSSR count). The minimum Gasteiger partial charge on any atom is -0.497 e. The number of nitrogens with one attached hydrogen (secondary N) is 1. The number of halogens is 1. The van der Waals surface area contributed by atoms with Gasteiger partial charge in [0, 0.05) is 12.6 Å². The van der Waals surface area contributed by atoms with Crippen LogP contribution < -0.4 is 14.8 Å². The zero-order valence-electron chi connectivity index (χ0n) is 14.7. The van der Waals surface area contributed by atoms with E-state index in [1.807, 2.05) is 0 Å². The van der Waals surface area contributed by atoms with E-state index in [0.717, 1.165) is 5.75 Å². The molecule has 2 aromatic rings. The van der Waals surface area contributed by atoms with Crippen LogP contribution in [0.25, 0.3) is 0 Å². The molecule has 0 aliphatic heterocycles. The van der Waals surface area contributed by atoms with Gasteiger partial charge < -0.3 is 19.7 Å². The van der Waals surface area contributed by atoms with Crippen LogP contribution in [0.2, 0.25) is 0 Å². The highest BCUT2D eigenvalue weighted by Gasteiger charge is 2.12. The molecule has 26 heavy (non-hydrogen) atoms. The normalized spacial score (nSPS) is 10.1. The lowest BCUT2D eigenvalue weighted by Gasteiger charge is -2.18. The molecule has 7 heteroatoms. The maximum absolute atomic E-state index is 12.8. The molecule has 0 aliphatic rings. The standard InChI is InChI=1S/C19H21FN2O4/c1-22(11-12-26-17-9-7-16(25-2)8-10-17)18(23)13-21-19(24)14-3-5-15(20)6-4-14/h3-10H,11-13H2,1-2H3,(H,21,24). The van der Waals surface area contributed by atoms with Gasteiger partial charge in [-0.3, -0.25) is 9.59 Å². The van der Waals surface area contributed by atoms with Crippen LogP contribution in [-0.4, -0.2) is 50.6 Å². The van der Waals surface area contributed by atoms with Gasteiger partial charge in [-0.05, 0) is 48.5 Å². The van der Waals surface area contributed by atoms with E-state index in [2.05, 4.69) is 5.32 Å². The second-order valence-corrected chi connectivity index (χ2v) is 5.53. The molecule has 0 radical (unpaired) electrons. The fraction of sp³-hybridized carbons (Fsp3) is 0.263. The maximum atomic E-state index is 12.8. The number of hydrogen-bond acceptors (Lipinski definition) is 4. The number of carbonyl (C=O) groups excluding carboxylic acids is 2. The molecule has 0 heterocycles. The van der Waals surface area contributed by atoms with E-state index < -0.39 is 11.7 Å². The van der Waals surface area contributed by atoms with Crippen molar-refractivity contribution in [2.45, 2.75) is 0 Å². The van der Waals surface area contributed by atoms with Crippen LogP contribution in [0.5, 0.6) is 11.5 Å². The summed E-state index contributed by atoms with van der Waals surface area (Å²) in [5.41, 5.74) is 0.296. The van der Waals surface area contributed by atoms with E-state index in [4.69, 9.17) is 9.47 Å². The summed E-state index contributed by atoms with van der Waals surface area (Å²) >= 11 is 0. The topological polar surface area (TPSA) is 67.9 Å². The van der Waals surface area contributed by atoms with Gasteiger partial charge in [0.25, 0.3) is 5.91 Å². The van der Waals surface area contributed by atoms with Crippen molar-refractivity contribution >= 4 is 11.8 Å². The number of hydrogen-bond donors (Lipinski definition) is 1. The van der Waals surface area contributed by atoms with Crippen LogP contribution >= 0.6 is 0 Å². The average Bonchev–Trinajstić information content (AvgIpc) is 2.66. The molecular weight excluding hydrogens is 339 g/mol. The number of nitrogens with zero attached hydrogens (tertiary/aromatic N) is 1. The molecule has 0 aromatic heterocycles. The van der Waals surface area contributed by atoms with Gasteiger partial charge in [0.2, 0.25) is 5.91 Å². The monoisotopic (exact) mass is 360 g/mol. The zero-order chi connectivity index (χ0) is 18.9. The fourth-order valence-electron chi connectivity index (χ4n) is 2.09. The van der Waals surface area contributed by atoms with Crippen LogP contribution in [-0.2, 0) is 4.79 Å². The molecule has 0 fully saturated rings. The lowest BCUT2D eigenvalue weighted by atomic mass is 10.2. The largest absolute Gasteiger partial charge is 0.497 e. The second-order valence-electron chi connectivity index (χ2n) is 5.53. The Bertz CT molecular complexity index is 732. The molecule has 0 atom stereocenters. The molecule has 2 amide bonds. The fourth-order valence-corrected chi connectivity index (χ4v) is 2.09. The third-order valence-electron chi connectivity index (χ3n) is 3.69. The van der Waals surface area contributed by atoms with Crippen molar-refractivity contribution < 1.29 is 23.5 Å². The molecule has 0 spiro atoms. The van der Waals surface area contributed by atoms with Gasteiger partial charge in [-0.25, -0.2) is 4.39 Å². The van der Waals surface area contributed by atoms with E-state index in [0.29, 0.717) is 24.5 Å². The number of methoxy groups -OCH3 is 1. The molecule has 0 unspecified atom stereocenters. The Morgan fingerprint density at radius 3 is 2.27 bits per heavy atom. The molecule has 0 aliphatic carbocycles. The lowest BCUT2D eigenvalue weighted by molar-refractivity contribution is -0.129. The molecule has 138 valence electrons. The molecule has 0 bridgehead atoms. The Hall–Kier alpha value is -3.09. The van der Waals surface area contributed by atoms with Gasteiger partial charge in [0.15, 0.2) is 0 Å². The smallest absolute Gasteiger partial charge is 0.251 e. The summed E-state index contributed by atoms with van der Waals surface area (Å²) < 4.78 is 23.5. The van der Waals surface area contributed by atoms with Gasteiger partial charge in [-0.15, -0.1) is 0 Å². The minimum absolute atomic E-state index is 0.144. The third kappa shape index (κ3) is 5.77. The van der Waals surface area contributed by atoms with Crippen molar-refractivity contribution in [3.63, 3.8) is 0 Å². The van der Waals surface area contributed by atoms with Gasteiger partial charge in [-0.1, -0.05) is 0 Å². The first-order valence-electron chi connectivity index (χ1n) is 8.04. The van der Waals surface area contributed by atoms with Crippen LogP contribution in [0.1, 0.15) is 10.4 Å². The predicted octanol–water partition coefficient (Wildman–Crippen LogP) is 2.10. The van der Waals surface area contributed by atoms with Gasteiger partial charge in [0.1, 0.15) is 23.9 Å². The van der Waals surface area contributed by atoms with Crippen LogP contribution in [0.3, 0.4) is 0 Å². The number of rotatable bonds is 8. The third-order valence-corrected chi connectivity index (χ3v) is 3.69. The Balaban J connectivity index is 1.71. The molecule has 0 saturated carbocycles. The molecule has 6 nitrogen and oxygen atoms in total. The highest BCUT2D eigenvalue weighted by molar-refractivity contribution is 5.96. The van der Waals surface area contributed by atoms with Gasteiger partial charge in [-0.2, -0.15) is 0 Å². The van der Waals surface area contributed by atoms with Crippen LogP contribution in [0.15, 0.2) is 48.5 Å². The molecule has 1 N–H and O–H groups in total. The summed E-state index contributed by atoms with van der Waals surface area (Å²) in [5.74, 6) is 0.312. The minimum atomic E-state index is -0.429. The van der Waals surface area contributed by atoms with Gasteiger partial charge in [0.05, 0.1) is 20.2 Å². The molecule has 2 aromatic carbocycles. The maximum Gasteiger partial charge on any atom is 0.251 e. The quantitative estimate of drug-likeness (QED) is 0.783. The summed E-state index contributed by atoms with van der Waals surface area (Å²) in [7, 11) is 3.22. The van der Waals surface area contributed by atoms with E-state index in [-0.39, 0.29) is 12.5 Å². The summed E-state index contributed by atoms with van der Waals surface area (Å²) in [6, 6.07) is 12.2. The molecule has 0 saturated heterocycles. The Morgan fingerprint density at radius 1 is 1.04 bits per heavy atom. The molecular formula is C19H21FN2O4. The summed E-state index contributed by atoms with van der Waals surface area (Å²) in [6.45, 7) is 0.549. The van der Waals surface area contributed by atoms with Crippen molar-refractivity contribution in [2.75, 3.05) is 33.9 Å². The Kier molecular flexibility index (Phi) is 6.96. The summed E-state index contributed by atoms with van der Waals surface area (Å²) in [4.78, 5) is 25.4. The number of amides is 2. The van der Waals surface area contributed by atoms with E-state index in [9.17, 15) is 14.0 Å². The SMILES string of the molecule is COc1ccc(OCCN(C)C(=O)CNC(=O)c2ccc(F)cc2)cc1. The zero-order valence-corrected chi connectivity index (χ0v) is 14.7. The second kappa shape index (κ2) is 9.41. The first kappa shape index (κ1) is 19.2. The van der Waals surface area contributed by atoms with Crippen molar-refractivity contribution in [3.05, 3.63) is 59.9 Å². The van der Waals surface area contributed by atoms with Crippen molar-refractivity contribution in [2.24, 2.45) is 0 Å². The van der Waals surface area contributed by atoms with Crippen molar-refractivity contribution in [1.82, 2.24) is 10.2 Å². The van der Waals surface area contributed by atoms with Gasteiger partial charge >= 0.3 is 0 Å². The number of likely N-dealkylation sites (N-methyl/N-ethyl adjacent to an activating group) is 1. The van der Waals surface area contributed by atoms with Crippen molar-refractivity contribution in [3.8, 4) is 11.5 Å². The van der Waals surface area contributed by atoms with Crippen molar-refractivity contribution in [1.29, 1.82) is 0 Å².